The summed E-state index contributed by atoms with van der Waals surface area (Å²) in [6.45, 7) is 3.30. The number of nitrogen functional groups attached to an aromatic ring is 1. The molecule has 3 N–H and O–H groups in total. The van der Waals surface area contributed by atoms with Gasteiger partial charge in [-0.3, -0.25) is 4.98 Å². The van der Waals surface area contributed by atoms with Crippen LogP contribution in [0.15, 0.2) is 24.5 Å². The number of nitrogens with two attached hydrogens (primary N) is 1. The molecule has 4 nitrogen and oxygen atoms in total. The minimum atomic E-state index is 0.583. The smallest absolute Gasteiger partial charge is 0.147 e. The van der Waals surface area contributed by atoms with Gasteiger partial charge in [0.25, 0.3) is 0 Å². The number of pyridine rings is 1. The van der Waals surface area contributed by atoms with Crippen LogP contribution in [-0.4, -0.2) is 15.9 Å². The number of rotatable bonds is 4. The first-order valence-electron chi connectivity index (χ1n) is 6.15. The second-order valence-electron chi connectivity index (χ2n) is 4.87. The predicted octanol–water partition coefficient (Wildman–Crippen LogP) is 2.86. The molecule has 1 fully saturated rings. The molecule has 2 unspecified atom stereocenters. The van der Waals surface area contributed by atoms with Crippen molar-refractivity contribution in [2.75, 3.05) is 17.6 Å². The molecular formula is C13H16N4S. The third-order valence-electron chi connectivity index (χ3n) is 3.47. The van der Waals surface area contributed by atoms with Crippen molar-refractivity contribution < 1.29 is 0 Å². The van der Waals surface area contributed by atoms with Crippen molar-refractivity contribution in [3.63, 3.8) is 0 Å². The summed E-state index contributed by atoms with van der Waals surface area (Å²) in [6, 6.07) is 3.93. The number of nitrogens with one attached hydrogen (secondary N) is 1. The monoisotopic (exact) mass is 260 g/mol. The van der Waals surface area contributed by atoms with Crippen LogP contribution < -0.4 is 11.1 Å². The summed E-state index contributed by atoms with van der Waals surface area (Å²) in [6.07, 6.45) is 4.91. The maximum absolute atomic E-state index is 5.95. The lowest BCUT2D eigenvalue weighted by atomic mass is 10.1. The van der Waals surface area contributed by atoms with Gasteiger partial charge in [-0.05, 0) is 35.9 Å². The van der Waals surface area contributed by atoms with Crippen molar-refractivity contribution in [1.82, 2.24) is 9.36 Å². The van der Waals surface area contributed by atoms with Gasteiger partial charge in [0.05, 0.1) is 5.56 Å². The topological polar surface area (TPSA) is 63.8 Å². The molecule has 1 aliphatic rings. The third-order valence-corrected chi connectivity index (χ3v) is 4.29. The molecule has 0 saturated heterocycles. The largest absolute Gasteiger partial charge is 0.382 e. The van der Waals surface area contributed by atoms with Crippen molar-refractivity contribution >= 4 is 22.4 Å². The Bertz CT molecular complexity index is 537. The Morgan fingerprint density at radius 2 is 2.39 bits per heavy atom. The van der Waals surface area contributed by atoms with E-state index in [4.69, 9.17) is 5.73 Å². The highest BCUT2D eigenvalue weighted by atomic mass is 32.1. The summed E-state index contributed by atoms with van der Waals surface area (Å²) in [5, 5.41) is 4.53. The van der Waals surface area contributed by atoms with Gasteiger partial charge in [-0.2, -0.15) is 4.37 Å². The summed E-state index contributed by atoms with van der Waals surface area (Å²) >= 11 is 1.43. The Balaban J connectivity index is 1.82. The van der Waals surface area contributed by atoms with E-state index in [2.05, 4.69) is 21.6 Å². The van der Waals surface area contributed by atoms with Crippen LogP contribution in [0, 0.1) is 11.8 Å². The number of aromatic nitrogens is 2. The van der Waals surface area contributed by atoms with Gasteiger partial charge >= 0.3 is 0 Å². The molecule has 0 aromatic carbocycles. The van der Waals surface area contributed by atoms with Crippen molar-refractivity contribution in [3.05, 3.63) is 24.5 Å². The van der Waals surface area contributed by atoms with E-state index in [9.17, 15) is 0 Å². The van der Waals surface area contributed by atoms with Crippen LogP contribution in [0.4, 0.5) is 10.8 Å². The Labute approximate surface area is 110 Å². The first-order valence-corrected chi connectivity index (χ1v) is 6.92. The minimum Gasteiger partial charge on any atom is -0.382 e. The Morgan fingerprint density at radius 1 is 1.56 bits per heavy atom. The lowest BCUT2D eigenvalue weighted by Gasteiger charge is -2.06. The third kappa shape index (κ3) is 2.18. The van der Waals surface area contributed by atoms with Crippen molar-refractivity contribution in [2.24, 2.45) is 11.8 Å². The minimum absolute atomic E-state index is 0.583. The van der Waals surface area contributed by atoms with Gasteiger partial charge in [0.2, 0.25) is 0 Å². The van der Waals surface area contributed by atoms with E-state index in [1.54, 1.807) is 6.20 Å². The molecule has 2 atom stereocenters. The molecule has 0 amide bonds. The maximum Gasteiger partial charge on any atom is 0.147 e. The Hall–Kier alpha value is -1.62. The number of hydrogen-bond donors (Lipinski definition) is 2. The quantitative estimate of drug-likeness (QED) is 0.887. The number of anilines is 2. The van der Waals surface area contributed by atoms with Crippen molar-refractivity contribution in [1.29, 1.82) is 0 Å². The highest BCUT2D eigenvalue weighted by Crippen LogP contribution is 2.40. The van der Waals surface area contributed by atoms with Crippen LogP contribution >= 0.6 is 11.5 Å². The molecular weight excluding hydrogens is 244 g/mol. The molecule has 2 aromatic rings. The van der Waals surface area contributed by atoms with Gasteiger partial charge in [0.1, 0.15) is 10.8 Å². The van der Waals surface area contributed by atoms with Gasteiger partial charge in [0, 0.05) is 24.5 Å². The lowest BCUT2D eigenvalue weighted by molar-refractivity contribution is 0.788. The van der Waals surface area contributed by atoms with Crippen LogP contribution in [0.5, 0.6) is 0 Å². The fourth-order valence-electron chi connectivity index (χ4n) is 2.12. The fourth-order valence-corrected chi connectivity index (χ4v) is 2.86. The van der Waals surface area contributed by atoms with E-state index in [0.29, 0.717) is 5.82 Å². The molecule has 2 heterocycles. The summed E-state index contributed by atoms with van der Waals surface area (Å²) in [4.78, 5) is 4.14. The molecule has 3 rings (SSSR count). The van der Waals surface area contributed by atoms with E-state index in [-0.39, 0.29) is 0 Å². The number of nitrogens with zero attached hydrogens (tertiary/aromatic N) is 2. The second-order valence-corrected chi connectivity index (χ2v) is 5.64. The molecule has 0 spiro atoms. The normalized spacial score (nSPS) is 21.8. The SMILES string of the molecule is CC1CC1CNc1snc(N)c1-c1cccnc1. The van der Waals surface area contributed by atoms with Crippen molar-refractivity contribution in [2.45, 2.75) is 13.3 Å². The summed E-state index contributed by atoms with van der Waals surface area (Å²) in [5.41, 5.74) is 7.96. The van der Waals surface area contributed by atoms with E-state index in [1.807, 2.05) is 18.3 Å². The molecule has 0 radical (unpaired) electrons. The zero-order valence-electron chi connectivity index (χ0n) is 10.3. The first-order chi connectivity index (χ1) is 8.75. The van der Waals surface area contributed by atoms with Gasteiger partial charge in [0.15, 0.2) is 0 Å². The molecule has 1 aliphatic carbocycles. The summed E-state index contributed by atoms with van der Waals surface area (Å²) < 4.78 is 4.24. The highest BCUT2D eigenvalue weighted by molar-refractivity contribution is 7.11. The molecule has 94 valence electrons. The van der Waals surface area contributed by atoms with E-state index in [1.165, 1.54) is 18.0 Å². The molecule has 0 bridgehead atoms. The van der Waals surface area contributed by atoms with Gasteiger partial charge in [-0.1, -0.05) is 13.0 Å². The van der Waals surface area contributed by atoms with Crippen LogP contribution in [0.3, 0.4) is 0 Å². The van der Waals surface area contributed by atoms with E-state index in [0.717, 1.165) is 34.5 Å². The van der Waals surface area contributed by atoms with Gasteiger partial charge < -0.3 is 11.1 Å². The number of hydrogen-bond acceptors (Lipinski definition) is 5. The standard InChI is InChI=1S/C13H16N4S/c1-8-5-10(8)7-16-13-11(12(14)17-18-13)9-3-2-4-15-6-9/h2-4,6,8,10,16H,5,7H2,1H3,(H2,14,17). The van der Waals surface area contributed by atoms with Crippen LogP contribution in [0.2, 0.25) is 0 Å². The Kier molecular flexibility index (Phi) is 2.91. The van der Waals surface area contributed by atoms with Crippen molar-refractivity contribution in [3.8, 4) is 11.1 Å². The average Bonchev–Trinajstić information content (AvgIpc) is 2.96. The molecule has 18 heavy (non-hydrogen) atoms. The Morgan fingerprint density at radius 3 is 3.06 bits per heavy atom. The molecule has 2 aromatic heterocycles. The van der Waals surface area contributed by atoms with E-state index >= 15 is 0 Å². The molecule has 0 aliphatic heterocycles. The fraction of sp³-hybridized carbons (Fsp3) is 0.385. The summed E-state index contributed by atoms with van der Waals surface area (Å²) in [7, 11) is 0. The van der Waals surface area contributed by atoms with Crippen LogP contribution in [0.1, 0.15) is 13.3 Å². The van der Waals surface area contributed by atoms with Crippen LogP contribution in [0.25, 0.3) is 11.1 Å². The average molecular weight is 260 g/mol. The summed E-state index contributed by atoms with van der Waals surface area (Å²) in [5.74, 6) is 2.24. The zero-order chi connectivity index (χ0) is 12.5. The van der Waals surface area contributed by atoms with E-state index < -0.39 is 0 Å². The lowest BCUT2D eigenvalue weighted by Crippen LogP contribution is -2.04. The molecule has 1 saturated carbocycles. The first kappa shape index (κ1) is 11.5. The zero-order valence-corrected chi connectivity index (χ0v) is 11.1. The maximum atomic E-state index is 5.95. The predicted molar refractivity (Wildman–Crippen MR) is 75.5 cm³/mol. The molecule has 5 heteroatoms. The van der Waals surface area contributed by atoms with Crippen LogP contribution in [-0.2, 0) is 0 Å². The van der Waals surface area contributed by atoms with Gasteiger partial charge in [-0.25, -0.2) is 0 Å². The highest BCUT2D eigenvalue weighted by Gasteiger charge is 2.32. The van der Waals surface area contributed by atoms with Gasteiger partial charge in [-0.15, -0.1) is 0 Å². The second kappa shape index (κ2) is 4.57.